The molecule has 0 unspecified atom stereocenters. The van der Waals surface area contributed by atoms with Crippen LogP contribution in [0.2, 0.25) is 0 Å². The van der Waals surface area contributed by atoms with Gasteiger partial charge in [-0.05, 0) is 30.3 Å². The normalized spacial score (nSPS) is 11.2. The maximum atomic E-state index is 12.7. The van der Waals surface area contributed by atoms with E-state index >= 15 is 0 Å². The van der Waals surface area contributed by atoms with Crippen molar-refractivity contribution in [3.8, 4) is 0 Å². The minimum absolute atomic E-state index is 0.0451. The smallest absolute Gasteiger partial charge is 0.416 e. The largest absolute Gasteiger partial charge is 0.467 e. The lowest BCUT2D eigenvalue weighted by Gasteiger charge is -2.19. The zero-order valence-electron chi connectivity index (χ0n) is 13.5. The summed E-state index contributed by atoms with van der Waals surface area (Å²) in [6.45, 7) is 1.72. The summed E-state index contributed by atoms with van der Waals surface area (Å²) in [5.41, 5.74) is -0.784. The molecule has 1 heterocycles. The molecule has 0 radical (unpaired) electrons. The molecule has 2 amide bonds. The third-order valence-corrected chi connectivity index (χ3v) is 3.45. The molecule has 2 aromatic rings. The van der Waals surface area contributed by atoms with E-state index < -0.39 is 17.6 Å². The molecule has 0 aliphatic heterocycles. The van der Waals surface area contributed by atoms with E-state index in [1.807, 2.05) is 0 Å². The van der Waals surface area contributed by atoms with E-state index in [1.54, 1.807) is 12.1 Å². The molecule has 0 saturated heterocycles. The Labute approximate surface area is 142 Å². The monoisotopic (exact) mass is 354 g/mol. The van der Waals surface area contributed by atoms with Crippen LogP contribution in [0.4, 0.5) is 18.9 Å². The molecule has 0 atom stereocenters. The average Bonchev–Trinajstić information content (AvgIpc) is 3.03. The van der Waals surface area contributed by atoms with Gasteiger partial charge in [-0.3, -0.25) is 9.59 Å². The highest BCUT2D eigenvalue weighted by Crippen LogP contribution is 2.30. The third-order valence-electron chi connectivity index (χ3n) is 3.45. The summed E-state index contributed by atoms with van der Waals surface area (Å²) in [7, 11) is 0. The molecule has 25 heavy (non-hydrogen) atoms. The topological polar surface area (TPSA) is 62.6 Å². The number of halogens is 3. The number of alkyl halides is 3. The highest BCUT2D eigenvalue weighted by atomic mass is 19.4. The van der Waals surface area contributed by atoms with Crippen molar-refractivity contribution in [1.82, 2.24) is 4.90 Å². The Morgan fingerprint density at radius 1 is 1.20 bits per heavy atom. The number of furan rings is 1. The van der Waals surface area contributed by atoms with Gasteiger partial charge in [0, 0.05) is 25.6 Å². The molecule has 0 spiro atoms. The maximum Gasteiger partial charge on any atom is 0.416 e. The van der Waals surface area contributed by atoms with E-state index in [-0.39, 0.29) is 31.1 Å². The first kappa shape index (κ1) is 18.6. The Balaban J connectivity index is 1.92. The minimum Gasteiger partial charge on any atom is -0.467 e. The van der Waals surface area contributed by atoms with Gasteiger partial charge in [0.05, 0.1) is 18.4 Å². The maximum absolute atomic E-state index is 12.7. The van der Waals surface area contributed by atoms with Gasteiger partial charge in [-0.15, -0.1) is 0 Å². The van der Waals surface area contributed by atoms with E-state index in [4.69, 9.17) is 4.42 Å². The first-order valence-electron chi connectivity index (χ1n) is 7.50. The predicted molar refractivity (Wildman–Crippen MR) is 84.5 cm³/mol. The van der Waals surface area contributed by atoms with Crippen molar-refractivity contribution in [2.45, 2.75) is 26.1 Å². The Morgan fingerprint density at radius 2 is 1.96 bits per heavy atom. The van der Waals surface area contributed by atoms with Gasteiger partial charge in [0.2, 0.25) is 11.8 Å². The second kappa shape index (κ2) is 7.87. The van der Waals surface area contributed by atoms with Gasteiger partial charge >= 0.3 is 6.18 Å². The summed E-state index contributed by atoms with van der Waals surface area (Å²) >= 11 is 0. The summed E-state index contributed by atoms with van der Waals surface area (Å²) in [6.07, 6.45) is -3.04. The van der Waals surface area contributed by atoms with E-state index in [1.165, 1.54) is 30.2 Å². The van der Waals surface area contributed by atoms with E-state index in [9.17, 15) is 22.8 Å². The van der Waals surface area contributed by atoms with Crippen molar-refractivity contribution in [2.75, 3.05) is 11.9 Å². The molecule has 8 heteroatoms. The Hall–Kier alpha value is -2.77. The number of carbonyl (C=O) groups excluding carboxylic acids is 2. The van der Waals surface area contributed by atoms with Crippen LogP contribution in [0.1, 0.15) is 24.7 Å². The van der Waals surface area contributed by atoms with E-state index in [0.717, 1.165) is 12.1 Å². The van der Waals surface area contributed by atoms with Crippen LogP contribution in [0.25, 0.3) is 0 Å². The van der Waals surface area contributed by atoms with Gasteiger partial charge < -0.3 is 14.6 Å². The number of anilines is 1. The summed E-state index contributed by atoms with van der Waals surface area (Å²) in [6, 6.07) is 7.78. The van der Waals surface area contributed by atoms with Crippen molar-refractivity contribution in [3.05, 3.63) is 54.0 Å². The molecule has 1 N–H and O–H groups in total. The van der Waals surface area contributed by atoms with Gasteiger partial charge in [-0.1, -0.05) is 6.07 Å². The van der Waals surface area contributed by atoms with Gasteiger partial charge in [0.1, 0.15) is 5.76 Å². The molecular weight excluding hydrogens is 337 g/mol. The van der Waals surface area contributed by atoms with Crippen LogP contribution >= 0.6 is 0 Å². The molecule has 0 aliphatic carbocycles. The van der Waals surface area contributed by atoms with Crippen molar-refractivity contribution >= 4 is 17.5 Å². The quantitative estimate of drug-likeness (QED) is 0.861. The molecule has 0 bridgehead atoms. The number of hydrogen-bond donors (Lipinski definition) is 1. The molecule has 0 aliphatic rings. The SMILES string of the molecule is CC(=O)N(CCC(=O)Nc1cccc(C(F)(F)F)c1)Cc1ccco1. The van der Waals surface area contributed by atoms with Crippen molar-refractivity contribution in [2.24, 2.45) is 0 Å². The van der Waals surface area contributed by atoms with Crippen LogP contribution in [0.15, 0.2) is 47.1 Å². The summed E-state index contributed by atoms with van der Waals surface area (Å²) in [4.78, 5) is 25.0. The van der Waals surface area contributed by atoms with E-state index in [0.29, 0.717) is 5.76 Å². The molecule has 134 valence electrons. The Kier molecular flexibility index (Phi) is 5.84. The van der Waals surface area contributed by atoms with Gasteiger partial charge in [-0.25, -0.2) is 0 Å². The number of nitrogens with zero attached hydrogens (tertiary/aromatic N) is 1. The zero-order valence-corrected chi connectivity index (χ0v) is 13.5. The Bertz CT molecular complexity index is 727. The summed E-state index contributed by atoms with van der Waals surface area (Å²) in [5.74, 6) is -0.137. The number of nitrogens with one attached hydrogen (secondary N) is 1. The zero-order chi connectivity index (χ0) is 18.4. The molecule has 2 rings (SSSR count). The third kappa shape index (κ3) is 5.66. The number of carbonyl (C=O) groups is 2. The lowest BCUT2D eigenvalue weighted by molar-refractivity contribution is -0.137. The predicted octanol–water partition coefficient (Wildman–Crippen LogP) is 3.68. The molecule has 1 aromatic carbocycles. The fourth-order valence-electron chi connectivity index (χ4n) is 2.17. The number of benzene rings is 1. The fraction of sp³-hybridized carbons (Fsp3) is 0.294. The van der Waals surface area contributed by atoms with Crippen LogP contribution in [0, 0.1) is 0 Å². The fourth-order valence-corrected chi connectivity index (χ4v) is 2.17. The lowest BCUT2D eigenvalue weighted by Crippen LogP contribution is -2.31. The summed E-state index contributed by atoms with van der Waals surface area (Å²) < 4.78 is 43.1. The molecule has 0 fully saturated rings. The average molecular weight is 354 g/mol. The molecular formula is C17H17F3N2O3. The number of hydrogen-bond acceptors (Lipinski definition) is 3. The standard InChI is InChI=1S/C17H17F3N2O3/c1-12(23)22(11-15-6-3-9-25-15)8-7-16(24)21-14-5-2-4-13(10-14)17(18,19)20/h2-6,9-10H,7-8,11H2,1H3,(H,21,24). The van der Waals surface area contributed by atoms with E-state index in [2.05, 4.69) is 5.32 Å². The van der Waals surface area contributed by atoms with Crippen LogP contribution < -0.4 is 5.32 Å². The van der Waals surface area contributed by atoms with Gasteiger partial charge in [0.25, 0.3) is 0 Å². The minimum atomic E-state index is -4.48. The highest BCUT2D eigenvalue weighted by molar-refractivity contribution is 5.91. The summed E-state index contributed by atoms with van der Waals surface area (Å²) in [5, 5.41) is 2.41. The first-order chi connectivity index (χ1) is 11.8. The lowest BCUT2D eigenvalue weighted by atomic mass is 10.2. The highest BCUT2D eigenvalue weighted by Gasteiger charge is 2.30. The van der Waals surface area contributed by atoms with Crippen molar-refractivity contribution in [1.29, 1.82) is 0 Å². The number of amides is 2. The second-order valence-corrected chi connectivity index (χ2v) is 5.40. The molecule has 1 aromatic heterocycles. The molecule has 5 nitrogen and oxygen atoms in total. The van der Waals surface area contributed by atoms with Crippen LogP contribution in [-0.2, 0) is 22.3 Å². The first-order valence-corrected chi connectivity index (χ1v) is 7.50. The molecule has 0 saturated carbocycles. The van der Waals surface area contributed by atoms with Crippen molar-refractivity contribution in [3.63, 3.8) is 0 Å². The van der Waals surface area contributed by atoms with Gasteiger partial charge in [0.15, 0.2) is 0 Å². The van der Waals surface area contributed by atoms with Crippen molar-refractivity contribution < 1.29 is 27.2 Å². The Morgan fingerprint density at radius 3 is 2.56 bits per heavy atom. The van der Waals surface area contributed by atoms with Crippen LogP contribution in [0.5, 0.6) is 0 Å². The number of rotatable bonds is 6. The second-order valence-electron chi connectivity index (χ2n) is 5.40. The van der Waals surface area contributed by atoms with Crippen LogP contribution in [0.3, 0.4) is 0 Å². The van der Waals surface area contributed by atoms with Gasteiger partial charge in [-0.2, -0.15) is 13.2 Å². The van der Waals surface area contributed by atoms with Crippen LogP contribution in [-0.4, -0.2) is 23.3 Å².